The van der Waals surface area contributed by atoms with Gasteiger partial charge in [-0.3, -0.25) is 0 Å². The minimum atomic E-state index is -3.49. The maximum atomic E-state index is 12.2. The maximum Gasteiger partial charge on any atom is 0.250 e. The second kappa shape index (κ2) is 6.49. The van der Waals surface area contributed by atoms with Crippen molar-refractivity contribution in [2.45, 2.75) is 30.7 Å². The van der Waals surface area contributed by atoms with E-state index in [0.29, 0.717) is 4.21 Å². The number of thiophene rings is 1. The van der Waals surface area contributed by atoms with Crippen molar-refractivity contribution in [3.8, 4) is 0 Å². The lowest BCUT2D eigenvalue weighted by Crippen LogP contribution is -2.23. The molecule has 2 rings (SSSR count). The van der Waals surface area contributed by atoms with Gasteiger partial charge < -0.3 is 5.11 Å². The molecular weight excluding hydrogens is 294 g/mol. The molecule has 1 aromatic carbocycles. The van der Waals surface area contributed by atoms with Crippen molar-refractivity contribution < 1.29 is 13.5 Å². The predicted molar refractivity (Wildman–Crippen MR) is 80.1 cm³/mol. The van der Waals surface area contributed by atoms with Gasteiger partial charge in [0.25, 0.3) is 0 Å². The van der Waals surface area contributed by atoms with Crippen LogP contribution in [0.4, 0.5) is 0 Å². The van der Waals surface area contributed by atoms with Crippen molar-refractivity contribution in [1.29, 1.82) is 0 Å². The molecule has 0 bridgehead atoms. The van der Waals surface area contributed by atoms with Gasteiger partial charge in [-0.25, -0.2) is 13.1 Å². The summed E-state index contributed by atoms with van der Waals surface area (Å²) in [7, 11) is -3.49. The molecule has 108 valence electrons. The largest absolute Gasteiger partial charge is 0.392 e. The molecule has 2 aromatic rings. The van der Waals surface area contributed by atoms with Crippen molar-refractivity contribution >= 4 is 21.4 Å². The second-order valence-electron chi connectivity index (χ2n) is 4.33. The van der Waals surface area contributed by atoms with Crippen LogP contribution in [0.5, 0.6) is 0 Å². The predicted octanol–water partition coefficient (Wildman–Crippen LogP) is 2.28. The zero-order valence-electron chi connectivity index (χ0n) is 11.2. The highest BCUT2D eigenvalue weighted by atomic mass is 32.2. The first-order valence-corrected chi connectivity index (χ1v) is 8.63. The van der Waals surface area contributed by atoms with E-state index in [1.807, 2.05) is 25.1 Å². The fourth-order valence-electron chi connectivity index (χ4n) is 1.82. The van der Waals surface area contributed by atoms with Crippen LogP contribution in [0.3, 0.4) is 0 Å². The Kier molecular flexibility index (Phi) is 4.93. The highest BCUT2D eigenvalue weighted by molar-refractivity contribution is 7.91. The van der Waals surface area contributed by atoms with Crippen LogP contribution in [0.2, 0.25) is 0 Å². The summed E-state index contributed by atoms with van der Waals surface area (Å²) in [5.41, 5.74) is 1.52. The smallest absolute Gasteiger partial charge is 0.250 e. The molecule has 0 aliphatic carbocycles. The molecule has 0 spiro atoms. The van der Waals surface area contributed by atoms with Gasteiger partial charge in [-0.2, -0.15) is 0 Å². The quantitative estimate of drug-likeness (QED) is 0.860. The van der Waals surface area contributed by atoms with Crippen LogP contribution in [0.1, 0.15) is 22.9 Å². The molecule has 4 nitrogen and oxygen atoms in total. The topological polar surface area (TPSA) is 66.4 Å². The third-order valence-electron chi connectivity index (χ3n) is 2.99. The minimum Gasteiger partial charge on any atom is -0.392 e. The number of aliphatic hydroxyl groups excluding tert-OH is 1. The first-order chi connectivity index (χ1) is 9.56. The van der Waals surface area contributed by atoms with Gasteiger partial charge in [0, 0.05) is 11.4 Å². The van der Waals surface area contributed by atoms with Crippen LogP contribution in [0.25, 0.3) is 0 Å². The van der Waals surface area contributed by atoms with E-state index in [1.54, 1.807) is 18.2 Å². The van der Waals surface area contributed by atoms with Crippen LogP contribution in [0.15, 0.2) is 40.6 Å². The molecule has 1 aromatic heterocycles. The Morgan fingerprint density at radius 2 is 1.85 bits per heavy atom. The van der Waals surface area contributed by atoms with Crippen LogP contribution >= 0.6 is 11.3 Å². The van der Waals surface area contributed by atoms with E-state index in [1.165, 1.54) is 11.3 Å². The highest BCUT2D eigenvalue weighted by Gasteiger charge is 2.16. The molecular formula is C14H17NO3S2. The molecule has 0 atom stereocenters. The number of benzene rings is 1. The second-order valence-corrected chi connectivity index (χ2v) is 7.49. The molecule has 0 radical (unpaired) electrons. The van der Waals surface area contributed by atoms with E-state index >= 15 is 0 Å². The van der Waals surface area contributed by atoms with Crippen molar-refractivity contribution in [1.82, 2.24) is 4.72 Å². The summed E-state index contributed by atoms with van der Waals surface area (Å²) >= 11 is 1.29. The molecule has 1 heterocycles. The summed E-state index contributed by atoms with van der Waals surface area (Å²) in [6.07, 6.45) is 0.827. The van der Waals surface area contributed by atoms with Gasteiger partial charge in [0.2, 0.25) is 10.0 Å². The van der Waals surface area contributed by atoms with Crippen LogP contribution in [0, 0.1) is 0 Å². The SMILES string of the molecule is CCc1ccc(S(=O)(=O)NCc2ccccc2CO)s1. The Morgan fingerprint density at radius 3 is 2.45 bits per heavy atom. The monoisotopic (exact) mass is 311 g/mol. The van der Waals surface area contributed by atoms with E-state index in [2.05, 4.69) is 4.72 Å². The molecule has 2 N–H and O–H groups in total. The minimum absolute atomic E-state index is 0.100. The fourth-order valence-corrected chi connectivity index (χ4v) is 4.17. The highest BCUT2D eigenvalue weighted by Crippen LogP contribution is 2.22. The normalized spacial score (nSPS) is 11.7. The lowest BCUT2D eigenvalue weighted by Gasteiger charge is -2.08. The van der Waals surface area contributed by atoms with Gasteiger partial charge in [0.1, 0.15) is 4.21 Å². The summed E-state index contributed by atoms with van der Waals surface area (Å²) < 4.78 is 27.2. The van der Waals surface area contributed by atoms with Gasteiger partial charge >= 0.3 is 0 Å². The van der Waals surface area contributed by atoms with Crippen LogP contribution < -0.4 is 4.72 Å². The average Bonchev–Trinajstić information content (AvgIpc) is 2.95. The zero-order valence-corrected chi connectivity index (χ0v) is 12.8. The van der Waals surface area contributed by atoms with E-state index in [9.17, 15) is 13.5 Å². The lowest BCUT2D eigenvalue weighted by atomic mass is 10.1. The van der Waals surface area contributed by atoms with Crippen molar-refractivity contribution in [3.05, 3.63) is 52.4 Å². The molecule has 0 aliphatic heterocycles. The van der Waals surface area contributed by atoms with Crippen LogP contribution in [-0.2, 0) is 29.6 Å². The number of hydrogen-bond acceptors (Lipinski definition) is 4. The maximum absolute atomic E-state index is 12.2. The molecule has 6 heteroatoms. The third-order valence-corrected chi connectivity index (χ3v) is 6.11. The number of aryl methyl sites for hydroxylation is 1. The Bertz CT molecular complexity index is 677. The zero-order chi connectivity index (χ0) is 14.6. The van der Waals surface area contributed by atoms with E-state index < -0.39 is 10.0 Å². The molecule has 0 fully saturated rings. The van der Waals surface area contributed by atoms with Gasteiger partial charge in [0.05, 0.1) is 6.61 Å². The number of nitrogens with one attached hydrogen (secondary N) is 1. The molecule has 0 saturated heterocycles. The summed E-state index contributed by atoms with van der Waals surface area (Å²) in [5.74, 6) is 0. The number of rotatable bonds is 6. The van der Waals surface area contributed by atoms with E-state index in [-0.39, 0.29) is 13.2 Å². The molecule has 0 saturated carbocycles. The summed E-state index contributed by atoms with van der Waals surface area (Å²) in [4.78, 5) is 1.04. The Hall–Kier alpha value is -1.21. The van der Waals surface area contributed by atoms with Gasteiger partial charge in [-0.1, -0.05) is 31.2 Å². The average molecular weight is 311 g/mol. The van der Waals surface area contributed by atoms with Gasteiger partial charge in [0.15, 0.2) is 0 Å². The van der Waals surface area contributed by atoms with Crippen molar-refractivity contribution in [2.24, 2.45) is 0 Å². The molecule has 0 aliphatic rings. The van der Waals surface area contributed by atoms with Gasteiger partial charge in [-0.05, 0) is 29.7 Å². The fraction of sp³-hybridized carbons (Fsp3) is 0.286. The third kappa shape index (κ3) is 3.46. The lowest BCUT2D eigenvalue weighted by molar-refractivity contribution is 0.280. The van der Waals surface area contributed by atoms with E-state index in [4.69, 9.17) is 0 Å². The number of hydrogen-bond donors (Lipinski definition) is 2. The van der Waals surface area contributed by atoms with Crippen molar-refractivity contribution in [2.75, 3.05) is 0 Å². The Morgan fingerprint density at radius 1 is 1.15 bits per heavy atom. The first-order valence-electron chi connectivity index (χ1n) is 6.33. The van der Waals surface area contributed by atoms with Crippen LogP contribution in [-0.4, -0.2) is 13.5 Å². The summed E-state index contributed by atoms with van der Waals surface area (Å²) in [6, 6.07) is 10.7. The summed E-state index contributed by atoms with van der Waals surface area (Å²) in [5, 5.41) is 9.22. The number of aliphatic hydroxyl groups is 1. The number of sulfonamides is 1. The van der Waals surface area contributed by atoms with E-state index in [0.717, 1.165) is 22.4 Å². The standard InChI is InChI=1S/C14H17NO3S2/c1-2-13-7-8-14(19-13)20(17,18)15-9-11-5-3-4-6-12(11)10-16/h3-8,15-16H,2,9-10H2,1H3. The molecule has 20 heavy (non-hydrogen) atoms. The Balaban J connectivity index is 2.13. The van der Waals surface area contributed by atoms with Crippen molar-refractivity contribution in [3.63, 3.8) is 0 Å². The molecule has 0 unspecified atom stereocenters. The summed E-state index contributed by atoms with van der Waals surface area (Å²) in [6.45, 7) is 2.07. The molecule has 0 amide bonds. The first kappa shape index (κ1) is 15.2. The Labute approximate surface area is 123 Å². The van der Waals surface area contributed by atoms with Gasteiger partial charge in [-0.15, -0.1) is 11.3 Å².